The summed E-state index contributed by atoms with van der Waals surface area (Å²) in [5.41, 5.74) is 1.24. The number of aliphatic hydroxyl groups is 1. The van der Waals surface area contributed by atoms with E-state index in [0.717, 1.165) is 26.1 Å². The summed E-state index contributed by atoms with van der Waals surface area (Å²) in [6.45, 7) is 3.75. The van der Waals surface area contributed by atoms with Crippen molar-refractivity contribution in [3.63, 3.8) is 0 Å². The monoisotopic (exact) mass is 306 g/mol. The number of aliphatic hydroxyl groups excluding tert-OH is 1. The average molecular weight is 307 g/mol. The van der Waals surface area contributed by atoms with Gasteiger partial charge in [0.05, 0.1) is 6.61 Å². The first kappa shape index (κ1) is 20.7. The lowest BCUT2D eigenvalue weighted by Crippen LogP contribution is -2.24. The fourth-order valence-electron chi connectivity index (χ4n) is 1.49. The predicted molar refractivity (Wildman–Crippen MR) is 87.4 cm³/mol. The normalized spacial score (nSPS) is 9.95. The van der Waals surface area contributed by atoms with Crippen LogP contribution in [0.2, 0.25) is 0 Å². The summed E-state index contributed by atoms with van der Waals surface area (Å²) in [7, 11) is 0. The molecule has 1 aromatic carbocycles. The molecule has 1 aromatic rings. The molecule has 3 N–H and O–H groups in total. The summed E-state index contributed by atoms with van der Waals surface area (Å²) in [6, 6.07) is 10.3. The van der Waals surface area contributed by atoms with Gasteiger partial charge in [-0.25, -0.2) is 0 Å². The summed E-state index contributed by atoms with van der Waals surface area (Å²) >= 11 is 0. The Balaban J connectivity index is 0. The Bertz CT molecular complexity index is 308. The van der Waals surface area contributed by atoms with Crippen molar-refractivity contribution in [1.29, 1.82) is 0 Å². The Morgan fingerprint density at radius 3 is 2.32 bits per heavy atom. The summed E-state index contributed by atoms with van der Waals surface area (Å²) in [4.78, 5) is 0. The Morgan fingerprint density at radius 2 is 1.63 bits per heavy atom. The van der Waals surface area contributed by atoms with Gasteiger partial charge in [-0.2, -0.15) is 0 Å². The molecular weight excluding hydrogens is 283 g/mol. The van der Waals surface area contributed by atoms with E-state index in [9.17, 15) is 0 Å². The van der Waals surface area contributed by atoms with Crippen LogP contribution >= 0.6 is 24.8 Å². The molecular formula is C14H24Cl2N2O. The highest BCUT2D eigenvalue weighted by atomic mass is 35.5. The van der Waals surface area contributed by atoms with E-state index in [-0.39, 0.29) is 31.4 Å². The van der Waals surface area contributed by atoms with Crippen LogP contribution in [0.5, 0.6) is 0 Å². The fourth-order valence-corrected chi connectivity index (χ4v) is 1.49. The quantitative estimate of drug-likeness (QED) is 0.612. The van der Waals surface area contributed by atoms with Gasteiger partial charge >= 0.3 is 0 Å². The van der Waals surface area contributed by atoms with Crippen LogP contribution in [0.3, 0.4) is 0 Å². The van der Waals surface area contributed by atoms with E-state index in [1.54, 1.807) is 0 Å². The Hall–Kier alpha value is -0.580. The molecule has 5 heteroatoms. The molecule has 0 aliphatic rings. The Morgan fingerprint density at radius 1 is 0.947 bits per heavy atom. The topological polar surface area (TPSA) is 44.3 Å². The fraction of sp³-hybridized carbons (Fsp3) is 0.429. The summed E-state index contributed by atoms with van der Waals surface area (Å²) in [5.74, 6) is 0. The highest BCUT2D eigenvalue weighted by Gasteiger charge is 1.87. The number of hydrogen-bond acceptors (Lipinski definition) is 3. The second kappa shape index (κ2) is 15.5. The van der Waals surface area contributed by atoms with E-state index in [1.807, 2.05) is 18.2 Å². The first-order chi connectivity index (χ1) is 8.43. The van der Waals surface area contributed by atoms with Gasteiger partial charge in [0, 0.05) is 13.1 Å². The summed E-state index contributed by atoms with van der Waals surface area (Å²) in [5, 5.41) is 15.0. The molecule has 0 atom stereocenters. The molecule has 3 nitrogen and oxygen atoms in total. The standard InChI is InChI=1S/C14H22N2O.2ClH/c17-13-12-16-11-5-10-15-9-4-8-14-6-2-1-3-7-14;;/h1-4,6-8,15-17H,5,9-13H2;2*1H/b8-4+;;. The molecule has 0 amide bonds. The molecule has 19 heavy (non-hydrogen) atoms. The van der Waals surface area contributed by atoms with E-state index in [2.05, 4.69) is 34.9 Å². The Labute approximate surface area is 128 Å². The molecule has 0 saturated carbocycles. The van der Waals surface area contributed by atoms with Crippen molar-refractivity contribution in [3.8, 4) is 0 Å². The minimum Gasteiger partial charge on any atom is -0.395 e. The molecule has 0 fully saturated rings. The third-order valence-corrected chi connectivity index (χ3v) is 2.37. The lowest BCUT2D eigenvalue weighted by atomic mass is 10.2. The maximum absolute atomic E-state index is 8.56. The smallest absolute Gasteiger partial charge is 0.0555 e. The summed E-state index contributed by atoms with van der Waals surface area (Å²) < 4.78 is 0. The number of halogens is 2. The SMILES string of the molecule is Cl.Cl.OCCNCCCNC/C=C/c1ccccc1. The van der Waals surface area contributed by atoms with E-state index in [1.165, 1.54) is 5.56 Å². The number of nitrogens with one attached hydrogen (secondary N) is 2. The van der Waals surface area contributed by atoms with Crippen LogP contribution < -0.4 is 10.6 Å². The van der Waals surface area contributed by atoms with Gasteiger partial charge < -0.3 is 15.7 Å². The van der Waals surface area contributed by atoms with Gasteiger partial charge in [-0.05, 0) is 25.1 Å². The zero-order valence-corrected chi connectivity index (χ0v) is 12.7. The van der Waals surface area contributed by atoms with Crippen LogP contribution in [0.15, 0.2) is 36.4 Å². The van der Waals surface area contributed by atoms with Gasteiger partial charge in [-0.15, -0.1) is 24.8 Å². The minimum atomic E-state index is 0. The first-order valence-electron chi connectivity index (χ1n) is 6.17. The first-order valence-corrected chi connectivity index (χ1v) is 6.17. The van der Waals surface area contributed by atoms with Crippen molar-refractivity contribution in [1.82, 2.24) is 10.6 Å². The third-order valence-electron chi connectivity index (χ3n) is 2.37. The van der Waals surface area contributed by atoms with Gasteiger partial charge in [-0.1, -0.05) is 42.5 Å². The molecule has 0 aromatic heterocycles. The van der Waals surface area contributed by atoms with Crippen molar-refractivity contribution < 1.29 is 5.11 Å². The lowest BCUT2D eigenvalue weighted by molar-refractivity contribution is 0.292. The lowest BCUT2D eigenvalue weighted by Gasteiger charge is -2.03. The van der Waals surface area contributed by atoms with E-state index >= 15 is 0 Å². The van der Waals surface area contributed by atoms with Gasteiger partial charge in [0.15, 0.2) is 0 Å². The zero-order chi connectivity index (χ0) is 12.2. The average Bonchev–Trinajstić information content (AvgIpc) is 2.38. The zero-order valence-electron chi connectivity index (χ0n) is 11.0. The van der Waals surface area contributed by atoms with Crippen LogP contribution in [-0.2, 0) is 0 Å². The van der Waals surface area contributed by atoms with Crippen LogP contribution in [0.25, 0.3) is 6.08 Å². The van der Waals surface area contributed by atoms with Crippen molar-refractivity contribution in [2.24, 2.45) is 0 Å². The van der Waals surface area contributed by atoms with Gasteiger partial charge in [0.2, 0.25) is 0 Å². The number of rotatable bonds is 9. The number of hydrogen-bond donors (Lipinski definition) is 3. The predicted octanol–water partition coefficient (Wildman–Crippen LogP) is 2.10. The van der Waals surface area contributed by atoms with Crippen molar-refractivity contribution >= 4 is 30.9 Å². The van der Waals surface area contributed by atoms with Crippen LogP contribution in [0.4, 0.5) is 0 Å². The molecule has 0 saturated heterocycles. The molecule has 0 unspecified atom stereocenters. The van der Waals surface area contributed by atoms with Gasteiger partial charge in [-0.3, -0.25) is 0 Å². The highest BCUT2D eigenvalue weighted by Crippen LogP contribution is 1.99. The molecule has 110 valence electrons. The van der Waals surface area contributed by atoms with Gasteiger partial charge in [0.25, 0.3) is 0 Å². The van der Waals surface area contributed by atoms with E-state index < -0.39 is 0 Å². The van der Waals surface area contributed by atoms with Crippen molar-refractivity contribution in [3.05, 3.63) is 42.0 Å². The van der Waals surface area contributed by atoms with E-state index in [4.69, 9.17) is 5.11 Å². The van der Waals surface area contributed by atoms with E-state index in [0.29, 0.717) is 6.54 Å². The van der Waals surface area contributed by atoms with Crippen LogP contribution in [0.1, 0.15) is 12.0 Å². The molecule has 0 spiro atoms. The highest BCUT2D eigenvalue weighted by molar-refractivity contribution is 5.85. The van der Waals surface area contributed by atoms with Crippen LogP contribution in [0, 0.1) is 0 Å². The number of benzene rings is 1. The molecule has 0 aliphatic carbocycles. The second-order valence-corrected chi connectivity index (χ2v) is 3.84. The molecule has 0 radical (unpaired) electrons. The minimum absolute atomic E-state index is 0. The Kier molecular flexibility index (Phi) is 16.9. The molecule has 0 aliphatic heterocycles. The largest absolute Gasteiger partial charge is 0.395 e. The maximum Gasteiger partial charge on any atom is 0.0555 e. The van der Waals surface area contributed by atoms with Gasteiger partial charge in [0.1, 0.15) is 0 Å². The molecule has 0 heterocycles. The van der Waals surface area contributed by atoms with Crippen LogP contribution in [-0.4, -0.2) is 37.9 Å². The third kappa shape index (κ3) is 12.2. The maximum atomic E-state index is 8.56. The summed E-state index contributed by atoms with van der Waals surface area (Å²) in [6.07, 6.45) is 5.34. The van der Waals surface area contributed by atoms with Crippen molar-refractivity contribution in [2.45, 2.75) is 6.42 Å². The molecule has 1 rings (SSSR count). The second-order valence-electron chi connectivity index (χ2n) is 3.84. The molecule has 0 bridgehead atoms. The van der Waals surface area contributed by atoms with Crippen molar-refractivity contribution in [2.75, 3.05) is 32.8 Å².